The van der Waals surface area contributed by atoms with Crippen LogP contribution in [0.3, 0.4) is 0 Å². The number of aliphatic imine (C=N–C) groups is 1. The predicted octanol–water partition coefficient (Wildman–Crippen LogP) is 5.28. The molecule has 1 N–H and O–H groups in total. The molecule has 5 heteroatoms. The van der Waals surface area contributed by atoms with Gasteiger partial charge in [-0.15, -0.1) is 0 Å². The molecular formula is C23H34ClN3O. The molecule has 0 unspecified atom stereocenters. The van der Waals surface area contributed by atoms with Gasteiger partial charge < -0.3 is 10.1 Å². The first-order valence-electron chi connectivity index (χ1n) is 10.6. The number of nitrogens with one attached hydrogen (secondary N) is 1. The van der Waals surface area contributed by atoms with E-state index in [0.717, 1.165) is 61.8 Å². The SMILES string of the molecule is C/C=C\C=N/C[C@]1(CCNCc2cnc(C)c(Cl)c2)CCOC2(CCCC2)C1. The lowest BCUT2D eigenvalue weighted by Crippen LogP contribution is -2.46. The van der Waals surface area contributed by atoms with Crippen molar-refractivity contribution in [2.24, 2.45) is 10.4 Å². The van der Waals surface area contributed by atoms with E-state index < -0.39 is 0 Å². The van der Waals surface area contributed by atoms with Gasteiger partial charge in [0.05, 0.1) is 16.3 Å². The molecule has 0 radical (unpaired) electrons. The van der Waals surface area contributed by atoms with Crippen molar-refractivity contribution in [2.45, 2.75) is 70.9 Å². The molecule has 28 heavy (non-hydrogen) atoms. The summed E-state index contributed by atoms with van der Waals surface area (Å²) in [5, 5.41) is 4.33. The van der Waals surface area contributed by atoms with Crippen molar-refractivity contribution in [3.8, 4) is 0 Å². The first-order chi connectivity index (χ1) is 13.6. The fourth-order valence-electron chi connectivity index (χ4n) is 4.70. The van der Waals surface area contributed by atoms with E-state index in [9.17, 15) is 0 Å². The second-order valence-corrected chi connectivity index (χ2v) is 8.93. The fourth-order valence-corrected chi connectivity index (χ4v) is 4.89. The van der Waals surface area contributed by atoms with Crippen LogP contribution in [0.1, 0.15) is 63.1 Å². The maximum absolute atomic E-state index is 6.30. The summed E-state index contributed by atoms with van der Waals surface area (Å²) in [4.78, 5) is 9.10. The quantitative estimate of drug-likeness (QED) is 0.474. The molecule has 1 aliphatic heterocycles. The Morgan fingerprint density at radius 2 is 2.14 bits per heavy atom. The average molecular weight is 404 g/mol. The summed E-state index contributed by atoms with van der Waals surface area (Å²) in [7, 11) is 0. The molecule has 1 aliphatic carbocycles. The lowest BCUT2D eigenvalue weighted by molar-refractivity contribution is -0.122. The Labute approximate surface area is 174 Å². The Hall–Kier alpha value is -1.23. The predicted molar refractivity (Wildman–Crippen MR) is 117 cm³/mol. The number of allylic oxidation sites excluding steroid dienone is 2. The highest BCUT2D eigenvalue weighted by molar-refractivity contribution is 6.31. The molecule has 0 amide bonds. The van der Waals surface area contributed by atoms with Gasteiger partial charge in [0.15, 0.2) is 0 Å². The third-order valence-corrected chi connectivity index (χ3v) is 6.69. The van der Waals surface area contributed by atoms with Crippen LogP contribution in [-0.2, 0) is 11.3 Å². The normalized spacial score (nSPS) is 24.7. The molecule has 1 spiro atoms. The summed E-state index contributed by atoms with van der Waals surface area (Å²) in [6.45, 7) is 7.49. The summed E-state index contributed by atoms with van der Waals surface area (Å²) in [5.74, 6) is 0. The number of pyridine rings is 1. The zero-order chi connectivity index (χ0) is 19.9. The Kier molecular flexibility index (Phi) is 7.67. The van der Waals surface area contributed by atoms with Gasteiger partial charge >= 0.3 is 0 Å². The van der Waals surface area contributed by atoms with Gasteiger partial charge in [-0.1, -0.05) is 30.5 Å². The first-order valence-corrected chi connectivity index (χ1v) is 11.0. The molecule has 1 saturated carbocycles. The van der Waals surface area contributed by atoms with Crippen LogP contribution in [-0.4, -0.2) is 36.5 Å². The largest absolute Gasteiger partial charge is 0.375 e. The van der Waals surface area contributed by atoms with Crippen molar-refractivity contribution in [3.63, 3.8) is 0 Å². The van der Waals surface area contributed by atoms with Crippen LogP contribution in [0.5, 0.6) is 0 Å². The van der Waals surface area contributed by atoms with Crippen molar-refractivity contribution in [1.29, 1.82) is 0 Å². The molecule has 3 rings (SSSR count). The highest BCUT2D eigenvalue weighted by atomic mass is 35.5. The van der Waals surface area contributed by atoms with Crippen molar-refractivity contribution < 1.29 is 4.74 Å². The third kappa shape index (κ3) is 5.65. The molecule has 2 fully saturated rings. The fraction of sp³-hybridized carbons (Fsp3) is 0.652. The minimum absolute atomic E-state index is 0.114. The van der Waals surface area contributed by atoms with E-state index in [4.69, 9.17) is 21.3 Å². The van der Waals surface area contributed by atoms with E-state index in [1.807, 2.05) is 44.5 Å². The molecule has 1 aromatic heterocycles. The number of hydrogen-bond donors (Lipinski definition) is 1. The Morgan fingerprint density at radius 1 is 1.32 bits per heavy atom. The second-order valence-electron chi connectivity index (χ2n) is 8.52. The number of ether oxygens (including phenoxy) is 1. The smallest absolute Gasteiger partial charge is 0.0688 e. The molecule has 2 aliphatic rings. The number of rotatable bonds is 8. The van der Waals surface area contributed by atoms with E-state index in [0.29, 0.717) is 0 Å². The van der Waals surface area contributed by atoms with Crippen molar-refractivity contribution in [3.05, 3.63) is 40.7 Å². The summed E-state index contributed by atoms with van der Waals surface area (Å²) < 4.78 is 6.30. The van der Waals surface area contributed by atoms with Crippen LogP contribution in [0.15, 0.2) is 29.4 Å². The van der Waals surface area contributed by atoms with E-state index in [1.165, 1.54) is 25.7 Å². The number of halogens is 1. The lowest BCUT2D eigenvalue weighted by atomic mass is 9.70. The van der Waals surface area contributed by atoms with Crippen LogP contribution >= 0.6 is 11.6 Å². The lowest BCUT2D eigenvalue weighted by Gasteiger charge is -2.46. The summed E-state index contributed by atoms with van der Waals surface area (Å²) in [5.41, 5.74) is 2.36. The van der Waals surface area contributed by atoms with Crippen molar-refractivity contribution in [2.75, 3.05) is 19.7 Å². The van der Waals surface area contributed by atoms with Gasteiger partial charge in [-0.25, -0.2) is 0 Å². The highest BCUT2D eigenvalue weighted by Crippen LogP contribution is 2.48. The minimum Gasteiger partial charge on any atom is -0.375 e. The van der Waals surface area contributed by atoms with Crippen LogP contribution in [0.2, 0.25) is 5.02 Å². The zero-order valence-electron chi connectivity index (χ0n) is 17.3. The van der Waals surface area contributed by atoms with Crippen LogP contribution < -0.4 is 5.32 Å². The first kappa shape index (κ1) is 21.5. The van der Waals surface area contributed by atoms with E-state index in [1.54, 1.807) is 0 Å². The molecular weight excluding hydrogens is 370 g/mol. The monoisotopic (exact) mass is 403 g/mol. The van der Waals surface area contributed by atoms with Crippen LogP contribution in [0.4, 0.5) is 0 Å². The Morgan fingerprint density at radius 3 is 2.89 bits per heavy atom. The molecule has 1 saturated heterocycles. The summed E-state index contributed by atoms with van der Waals surface area (Å²) in [6.07, 6.45) is 16.3. The zero-order valence-corrected chi connectivity index (χ0v) is 18.1. The maximum Gasteiger partial charge on any atom is 0.0688 e. The topological polar surface area (TPSA) is 46.5 Å². The number of aromatic nitrogens is 1. The minimum atomic E-state index is 0.114. The van der Waals surface area contributed by atoms with Gasteiger partial charge in [0, 0.05) is 32.1 Å². The molecule has 2 heterocycles. The van der Waals surface area contributed by atoms with Gasteiger partial charge in [-0.3, -0.25) is 9.98 Å². The Bertz CT molecular complexity index is 697. The number of nitrogens with zero attached hydrogens (tertiary/aromatic N) is 2. The second kappa shape index (κ2) is 10.00. The standard InChI is InChI=1S/C23H34ClN3O/c1-3-4-11-26-18-22(10-13-28-23(17-22)7-5-6-8-23)9-12-25-15-20-14-21(24)19(2)27-16-20/h3-4,11,14,16,25H,5-10,12-13,15,17-18H2,1-2H3/b4-3-,26-11-/t22-/m1/s1. The average Bonchev–Trinajstić information content (AvgIpc) is 3.13. The van der Waals surface area contributed by atoms with Gasteiger partial charge in [0.1, 0.15) is 0 Å². The van der Waals surface area contributed by atoms with E-state index in [-0.39, 0.29) is 11.0 Å². The maximum atomic E-state index is 6.30. The molecule has 0 bridgehead atoms. The molecule has 1 aromatic rings. The van der Waals surface area contributed by atoms with E-state index in [2.05, 4.69) is 10.3 Å². The summed E-state index contributed by atoms with van der Waals surface area (Å²) >= 11 is 6.20. The molecule has 1 atom stereocenters. The van der Waals surface area contributed by atoms with E-state index >= 15 is 0 Å². The number of aryl methyl sites for hydroxylation is 1. The van der Waals surface area contributed by atoms with Crippen LogP contribution in [0, 0.1) is 12.3 Å². The van der Waals surface area contributed by atoms with Crippen LogP contribution in [0.25, 0.3) is 0 Å². The molecule has 0 aromatic carbocycles. The molecule has 154 valence electrons. The van der Waals surface area contributed by atoms with Gasteiger partial charge in [0.25, 0.3) is 0 Å². The van der Waals surface area contributed by atoms with Crippen molar-refractivity contribution in [1.82, 2.24) is 10.3 Å². The van der Waals surface area contributed by atoms with Gasteiger partial charge in [-0.05, 0) is 75.6 Å². The third-order valence-electron chi connectivity index (χ3n) is 6.31. The summed E-state index contributed by atoms with van der Waals surface area (Å²) in [6, 6.07) is 2.01. The Balaban J connectivity index is 1.59. The highest BCUT2D eigenvalue weighted by Gasteiger charge is 2.46. The molecule has 4 nitrogen and oxygen atoms in total. The van der Waals surface area contributed by atoms with Crippen molar-refractivity contribution >= 4 is 17.8 Å². The number of hydrogen-bond acceptors (Lipinski definition) is 4. The van der Waals surface area contributed by atoms with Gasteiger partial charge in [-0.2, -0.15) is 0 Å². The van der Waals surface area contributed by atoms with Gasteiger partial charge in [0.2, 0.25) is 0 Å².